The zero-order valence-electron chi connectivity index (χ0n) is 14.6. The molecule has 1 aromatic rings. The van der Waals surface area contributed by atoms with Crippen LogP contribution >= 0.6 is 23.2 Å². The van der Waals surface area contributed by atoms with Gasteiger partial charge >= 0.3 is 12.1 Å². The summed E-state index contributed by atoms with van der Waals surface area (Å²) < 4.78 is 15.5. The lowest BCUT2D eigenvalue weighted by atomic mass is 10.1. The van der Waals surface area contributed by atoms with Crippen molar-refractivity contribution >= 4 is 41.3 Å². The fourth-order valence-corrected chi connectivity index (χ4v) is 2.39. The number of hydrogen-bond donors (Lipinski definition) is 0. The molecule has 8 heteroatoms. The fourth-order valence-electron chi connectivity index (χ4n) is 1.99. The number of benzene rings is 1. The Kier molecular flexibility index (Phi) is 8.58. The topological polar surface area (TPSA) is 65.1 Å². The molecule has 0 N–H and O–H groups in total. The third-order valence-corrected chi connectivity index (χ3v) is 4.08. The molecule has 6 nitrogen and oxygen atoms in total. The van der Waals surface area contributed by atoms with Crippen molar-refractivity contribution in [1.29, 1.82) is 0 Å². The average Bonchev–Trinajstić information content (AvgIpc) is 2.58. The average molecular weight is 390 g/mol. The summed E-state index contributed by atoms with van der Waals surface area (Å²) in [4.78, 5) is 25.3. The van der Waals surface area contributed by atoms with Gasteiger partial charge in [0, 0.05) is 30.8 Å². The molecule has 1 aromatic carbocycles. The van der Waals surface area contributed by atoms with Crippen LogP contribution in [0.3, 0.4) is 0 Å². The lowest BCUT2D eigenvalue weighted by Gasteiger charge is -2.20. The zero-order valence-corrected chi connectivity index (χ0v) is 16.1. The van der Waals surface area contributed by atoms with Crippen LogP contribution in [0.25, 0.3) is 6.08 Å². The predicted octanol–water partition coefficient (Wildman–Crippen LogP) is 4.42. The van der Waals surface area contributed by atoms with Crippen LogP contribution in [0.4, 0.5) is 4.79 Å². The molecule has 0 unspecified atom stereocenters. The SMILES string of the molecule is CCOC(=O)/C=C/c1c(Cl)c(Cl)cc(OC)c1OC(=O)N(CC)CC. The molecule has 0 bridgehead atoms. The number of amides is 1. The highest BCUT2D eigenvalue weighted by Crippen LogP contribution is 2.42. The van der Waals surface area contributed by atoms with E-state index >= 15 is 0 Å². The molecule has 1 amide bonds. The summed E-state index contributed by atoms with van der Waals surface area (Å²) in [6.07, 6.45) is 1.99. The molecule has 1 rings (SSSR count). The first-order chi connectivity index (χ1) is 11.9. The number of ether oxygens (including phenoxy) is 3. The van der Waals surface area contributed by atoms with Crippen LogP contribution in [0.5, 0.6) is 11.5 Å². The van der Waals surface area contributed by atoms with E-state index in [4.69, 9.17) is 37.4 Å². The van der Waals surface area contributed by atoms with E-state index in [1.807, 2.05) is 13.8 Å². The van der Waals surface area contributed by atoms with Crippen LogP contribution in [-0.4, -0.2) is 43.8 Å². The molecule has 0 heterocycles. The number of hydrogen-bond acceptors (Lipinski definition) is 5. The van der Waals surface area contributed by atoms with Crippen LogP contribution in [0.15, 0.2) is 12.1 Å². The van der Waals surface area contributed by atoms with Gasteiger partial charge in [-0.1, -0.05) is 23.2 Å². The Bertz CT molecular complexity index is 657. The minimum absolute atomic E-state index is 0.0781. The predicted molar refractivity (Wildman–Crippen MR) is 97.6 cm³/mol. The van der Waals surface area contributed by atoms with Crippen molar-refractivity contribution in [2.45, 2.75) is 20.8 Å². The molecule has 0 aliphatic rings. The van der Waals surface area contributed by atoms with Gasteiger partial charge in [-0.2, -0.15) is 0 Å². The molecule has 0 aromatic heterocycles. The molecule has 0 fully saturated rings. The van der Waals surface area contributed by atoms with Gasteiger partial charge in [0.2, 0.25) is 0 Å². The van der Waals surface area contributed by atoms with E-state index in [1.165, 1.54) is 30.2 Å². The van der Waals surface area contributed by atoms with Gasteiger partial charge in [0.15, 0.2) is 11.5 Å². The minimum Gasteiger partial charge on any atom is -0.493 e. The molecule has 0 saturated carbocycles. The monoisotopic (exact) mass is 389 g/mol. The Labute approximate surface area is 157 Å². The maximum Gasteiger partial charge on any atom is 0.415 e. The van der Waals surface area contributed by atoms with E-state index in [9.17, 15) is 9.59 Å². The van der Waals surface area contributed by atoms with Crippen LogP contribution in [0, 0.1) is 0 Å². The van der Waals surface area contributed by atoms with E-state index in [-0.39, 0.29) is 33.7 Å². The second-order valence-electron chi connectivity index (χ2n) is 4.74. The van der Waals surface area contributed by atoms with Crippen molar-refractivity contribution in [3.63, 3.8) is 0 Å². The lowest BCUT2D eigenvalue weighted by Crippen LogP contribution is -2.33. The van der Waals surface area contributed by atoms with Gasteiger partial charge in [0.05, 0.1) is 23.8 Å². The van der Waals surface area contributed by atoms with Gasteiger partial charge in [-0.25, -0.2) is 9.59 Å². The highest BCUT2D eigenvalue weighted by Gasteiger charge is 2.22. The molecule has 138 valence electrons. The van der Waals surface area contributed by atoms with E-state index in [2.05, 4.69) is 0 Å². The zero-order chi connectivity index (χ0) is 19.0. The minimum atomic E-state index is -0.563. The summed E-state index contributed by atoms with van der Waals surface area (Å²) in [7, 11) is 1.41. The quantitative estimate of drug-likeness (QED) is 0.510. The second-order valence-corrected chi connectivity index (χ2v) is 5.53. The van der Waals surface area contributed by atoms with E-state index in [0.717, 1.165) is 0 Å². The summed E-state index contributed by atoms with van der Waals surface area (Å²) in [6, 6.07) is 1.44. The first-order valence-corrected chi connectivity index (χ1v) is 8.52. The van der Waals surface area contributed by atoms with Gasteiger partial charge in [0.25, 0.3) is 0 Å². The maximum absolute atomic E-state index is 12.3. The Hall–Kier alpha value is -1.92. The molecule has 0 atom stereocenters. The number of nitrogens with zero attached hydrogens (tertiary/aromatic N) is 1. The Balaban J connectivity index is 3.35. The van der Waals surface area contributed by atoms with Crippen LogP contribution in [-0.2, 0) is 9.53 Å². The fraction of sp³-hybridized carbons (Fsp3) is 0.412. The smallest absolute Gasteiger partial charge is 0.415 e. The third-order valence-electron chi connectivity index (χ3n) is 3.28. The molecule has 25 heavy (non-hydrogen) atoms. The Morgan fingerprint density at radius 3 is 2.36 bits per heavy atom. The van der Waals surface area contributed by atoms with Crippen LogP contribution in [0.1, 0.15) is 26.3 Å². The van der Waals surface area contributed by atoms with Crippen molar-refractivity contribution in [2.24, 2.45) is 0 Å². The number of methoxy groups -OCH3 is 1. The van der Waals surface area contributed by atoms with Gasteiger partial charge < -0.3 is 19.1 Å². The summed E-state index contributed by atoms with van der Waals surface area (Å²) in [6.45, 7) is 6.55. The van der Waals surface area contributed by atoms with E-state index < -0.39 is 12.1 Å². The van der Waals surface area contributed by atoms with Crippen molar-refractivity contribution in [1.82, 2.24) is 4.90 Å². The van der Waals surface area contributed by atoms with Gasteiger partial charge in [-0.05, 0) is 26.8 Å². The lowest BCUT2D eigenvalue weighted by molar-refractivity contribution is -0.137. The molecule has 0 radical (unpaired) electrons. The largest absolute Gasteiger partial charge is 0.493 e. The van der Waals surface area contributed by atoms with Crippen LogP contribution < -0.4 is 9.47 Å². The Morgan fingerprint density at radius 1 is 1.20 bits per heavy atom. The van der Waals surface area contributed by atoms with E-state index in [0.29, 0.717) is 13.1 Å². The normalized spacial score (nSPS) is 10.6. The molecule has 0 spiro atoms. The van der Waals surface area contributed by atoms with Crippen molar-refractivity contribution in [3.8, 4) is 11.5 Å². The van der Waals surface area contributed by atoms with Crippen LogP contribution in [0.2, 0.25) is 10.0 Å². The highest BCUT2D eigenvalue weighted by molar-refractivity contribution is 6.43. The van der Waals surface area contributed by atoms with Gasteiger partial charge in [-0.15, -0.1) is 0 Å². The van der Waals surface area contributed by atoms with Gasteiger partial charge in [-0.3, -0.25) is 0 Å². The molecule has 0 saturated heterocycles. The number of carbonyl (C=O) groups excluding carboxylic acids is 2. The number of carbonyl (C=O) groups is 2. The van der Waals surface area contributed by atoms with Gasteiger partial charge in [0.1, 0.15) is 0 Å². The first kappa shape index (κ1) is 21.1. The number of halogens is 2. The number of rotatable bonds is 7. The standard InChI is InChI=1S/C17H21Cl2NO5/c1-5-20(6-2)17(22)25-16-11(8-9-14(21)24-7-3)15(19)12(18)10-13(16)23-4/h8-10H,5-7H2,1-4H3/b9-8+. The summed E-state index contributed by atoms with van der Waals surface area (Å²) >= 11 is 12.3. The second kappa shape index (κ2) is 10.2. The molecule has 0 aliphatic carbocycles. The number of esters is 1. The van der Waals surface area contributed by atoms with Crippen molar-refractivity contribution in [3.05, 3.63) is 27.8 Å². The maximum atomic E-state index is 12.3. The first-order valence-electron chi connectivity index (χ1n) is 7.77. The third kappa shape index (κ3) is 5.54. The van der Waals surface area contributed by atoms with Crippen molar-refractivity contribution < 1.29 is 23.8 Å². The summed E-state index contributed by atoms with van der Waals surface area (Å²) in [5.74, 6) is -0.258. The highest BCUT2D eigenvalue weighted by atomic mass is 35.5. The van der Waals surface area contributed by atoms with E-state index in [1.54, 1.807) is 6.92 Å². The summed E-state index contributed by atoms with van der Waals surface area (Å²) in [5.41, 5.74) is 0.250. The molecule has 0 aliphatic heterocycles. The Morgan fingerprint density at radius 2 is 1.84 bits per heavy atom. The summed E-state index contributed by atoms with van der Waals surface area (Å²) in [5, 5.41) is 0.329. The molecular formula is C17H21Cl2NO5. The molecular weight excluding hydrogens is 369 g/mol. The van der Waals surface area contributed by atoms with Crippen molar-refractivity contribution in [2.75, 3.05) is 26.8 Å².